The summed E-state index contributed by atoms with van der Waals surface area (Å²) in [7, 11) is 1.64. The highest BCUT2D eigenvalue weighted by atomic mass is 16.7. The van der Waals surface area contributed by atoms with Gasteiger partial charge in [0.15, 0.2) is 6.29 Å². The van der Waals surface area contributed by atoms with Crippen LogP contribution < -0.4 is 38.9 Å². The standard InChI is InChI=1S/C27H53N7O7/c1-27(38)12-39-26(22(37)25(27)32-2)41-24-19(34-10-15(35)8-28)7-18(31)20(21(24)36)23-17(30)4-3-16(40-23)11-33-9-13-5-14(29)6-13/h3,13-15,17-26,32-38H,4-12,28-31H2,1-2H3/t13?,14?,15?,17-,18+,19-,20?,21+,22-,23+,24+,25-,26-,27+/m1/s1. The minimum absolute atomic E-state index is 0.0628. The summed E-state index contributed by atoms with van der Waals surface area (Å²) in [4.78, 5) is 0. The first-order valence-corrected chi connectivity index (χ1v) is 14.9. The van der Waals surface area contributed by atoms with Crippen molar-refractivity contribution in [3.8, 4) is 0 Å². The van der Waals surface area contributed by atoms with Crippen LogP contribution in [0.3, 0.4) is 0 Å². The molecule has 14 heteroatoms. The molecule has 2 saturated carbocycles. The van der Waals surface area contributed by atoms with Crippen molar-refractivity contribution >= 4 is 0 Å². The summed E-state index contributed by atoms with van der Waals surface area (Å²) in [6, 6.07) is -1.81. The maximum atomic E-state index is 11.8. The molecular formula is C27H53N7O7. The molecule has 2 unspecified atom stereocenters. The minimum atomic E-state index is -1.32. The molecule has 12 atom stereocenters. The van der Waals surface area contributed by atoms with Crippen molar-refractivity contribution in [2.24, 2.45) is 34.8 Å². The van der Waals surface area contributed by atoms with Crippen LogP contribution in [-0.2, 0) is 14.2 Å². The fourth-order valence-corrected chi connectivity index (χ4v) is 6.74. The summed E-state index contributed by atoms with van der Waals surface area (Å²) >= 11 is 0. The number of nitrogens with one attached hydrogen (secondary N) is 3. The largest absolute Gasteiger partial charge is 0.492 e. The lowest BCUT2D eigenvalue weighted by molar-refractivity contribution is -0.298. The molecule has 2 heterocycles. The molecule has 14 nitrogen and oxygen atoms in total. The zero-order valence-corrected chi connectivity index (χ0v) is 24.3. The number of likely N-dealkylation sites (N-methyl/N-ethyl adjacent to an activating group) is 1. The topological polar surface area (TPSA) is 249 Å². The van der Waals surface area contributed by atoms with Crippen LogP contribution in [0, 0.1) is 11.8 Å². The van der Waals surface area contributed by atoms with Crippen LogP contribution in [-0.4, -0.2) is 133 Å². The van der Waals surface area contributed by atoms with E-state index in [-0.39, 0.29) is 19.7 Å². The Balaban J connectivity index is 1.47. The Hall–Kier alpha value is -0.980. The Kier molecular flexibility index (Phi) is 11.4. The van der Waals surface area contributed by atoms with Crippen molar-refractivity contribution in [1.82, 2.24) is 16.0 Å². The van der Waals surface area contributed by atoms with Gasteiger partial charge in [-0.2, -0.15) is 0 Å². The van der Waals surface area contributed by atoms with E-state index in [1.165, 1.54) is 0 Å². The summed E-state index contributed by atoms with van der Waals surface area (Å²) in [5.41, 5.74) is 23.3. The second-order valence-corrected chi connectivity index (χ2v) is 12.6. The van der Waals surface area contributed by atoms with Crippen molar-refractivity contribution in [3.63, 3.8) is 0 Å². The molecule has 2 aliphatic heterocycles. The fourth-order valence-electron chi connectivity index (χ4n) is 6.74. The predicted molar refractivity (Wildman–Crippen MR) is 152 cm³/mol. The highest BCUT2D eigenvalue weighted by Crippen LogP contribution is 2.36. The van der Waals surface area contributed by atoms with Gasteiger partial charge in [0.05, 0.1) is 31.4 Å². The minimum Gasteiger partial charge on any atom is -0.492 e. The molecule has 0 amide bonds. The van der Waals surface area contributed by atoms with Crippen molar-refractivity contribution in [2.75, 3.05) is 39.8 Å². The molecule has 0 aromatic heterocycles. The van der Waals surface area contributed by atoms with Gasteiger partial charge in [-0.3, -0.25) is 0 Å². The normalized spacial score (nSPS) is 45.9. The number of nitrogens with two attached hydrogens (primary N) is 4. The molecule has 238 valence electrons. The molecule has 0 spiro atoms. The molecule has 15 N–H and O–H groups in total. The third kappa shape index (κ3) is 7.76. The van der Waals surface area contributed by atoms with E-state index < -0.39 is 72.5 Å². The Morgan fingerprint density at radius 2 is 1.88 bits per heavy atom. The highest BCUT2D eigenvalue weighted by molar-refractivity contribution is 5.10. The van der Waals surface area contributed by atoms with Crippen molar-refractivity contribution < 1.29 is 34.6 Å². The van der Waals surface area contributed by atoms with Crippen LogP contribution in [0.4, 0.5) is 0 Å². The molecule has 3 fully saturated rings. The summed E-state index contributed by atoms with van der Waals surface area (Å²) in [5.74, 6) is 0.753. The monoisotopic (exact) mass is 587 g/mol. The molecular weight excluding hydrogens is 534 g/mol. The number of rotatable bonds is 12. The van der Waals surface area contributed by atoms with E-state index in [0.717, 1.165) is 25.1 Å². The van der Waals surface area contributed by atoms with Gasteiger partial charge in [0.25, 0.3) is 0 Å². The lowest BCUT2D eigenvalue weighted by Crippen LogP contribution is -2.69. The summed E-state index contributed by atoms with van der Waals surface area (Å²) in [6.07, 6.45) is -0.778. The van der Waals surface area contributed by atoms with Crippen molar-refractivity contribution in [2.45, 2.75) is 105 Å². The van der Waals surface area contributed by atoms with E-state index >= 15 is 0 Å². The summed E-state index contributed by atoms with van der Waals surface area (Å²) < 4.78 is 18.4. The van der Waals surface area contributed by atoms with Gasteiger partial charge in [-0.05, 0) is 58.2 Å². The Labute approximate surface area is 242 Å². The third-order valence-electron chi connectivity index (χ3n) is 9.18. The second kappa shape index (κ2) is 14.2. The van der Waals surface area contributed by atoms with Crippen LogP contribution in [0.15, 0.2) is 11.8 Å². The molecule has 0 bridgehead atoms. The number of hydrogen-bond acceptors (Lipinski definition) is 14. The molecule has 41 heavy (non-hydrogen) atoms. The van der Waals surface area contributed by atoms with Crippen LogP contribution >= 0.6 is 0 Å². The molecule has 0 radical (unpaired) electrons. The number of aliphatic hydroxyl groups is 4. The smallest absolute Gasteiger partial charge is 0.185 e. The van der Waals surface area contributed by atoms with E-state index in [4.69, 9.17) is 37.1 Å². The first-order valence-electron chi connectivity index (χ1n) is 14.9. The first kappa shape index (κ1) is 32.9. The Morgan fingerprint density at radius 3 is 2.54 bits per heavy atom. The van der Waals surface area contributed by atoms with Crippen LogP contribution in [0.25, 0.3) is 0 Å². The van der Waals surface area contributed by atoms with Crippen LogP contribution in [0.1, 0.15) is 32.6 Å². The van der Waals surface area contributed by atoms with E-state index in [1.807, 2.05) is 6.08 Å². The SMILES string of the molecule is CN[C@@H]1[C@@H](O)[C@@H](O[C@H]2[C@H](NCC(O)CN)C[C@H](N)C([C@H]3OC(CNCC4CC(N)C4)=CC[C@H]3N)[C@@H]2O)OC[C@]1(C)O. The molecule has 4 rings (SSSR count). The summed E-state index contributed by atoms with van der Waals surface area (Å²) in [5, 5.41) is 53.1. The van der Waals surface area contributed by atoms with Gasteiger partial charge >= 0.3 is 0 Å². The average molecular weight is 588 g/mol. The van der Waals surface area contributed by atoms with Gasteiger partial charge in [0.1, 0.15) is 29.7 Å². The molecule has 4 aliphatic rings. The maximum Gasteiger partial charge on any atom is 0.185 e. The van der Waals surface area contributed by atoms with Crippen molar-refractivity contribution in [3.05, 3.63) is 11.8 Å². The third-order valence-corrected chi connectivity index (χ3v) is 9.18. The lowest BCUT2D eigenvalue weighted by atomic mass is 9.72. The molecule has 2 aliphatic carbocycles. The fraction of sp³-hybridized carbons (Fsp3) is 0.926. The zero-order chi connectivity index (χ0) is 29.9. The van der Waals surface area contributed by atoms with E-state index in [1.54, 1.807) is 14.0 Å². The van der Waals surface area contributed by atoms with Crippen LogP contribution in [0.5, 0.6) is 0 Å². The molecule has 0 aromatic carbocycles. The van der Waals surface area contributed by atoms with Crippen molar-refractivity contribution in [1.29, 1.82) is 0 Å². The maximum absolute atomic E-state index is 11.8. The average Bonchev–Trinajstić information content (AvgIpc) is 2.90. The lowest BCUT2D eigenvalue weighted by Gasteiger charge is -2.50. The summed E-state index contributed by atoms with van der Waals surface area (Å²) in [6.45, 7) is 3.12. The van der Waals surface area contributed by atoms with Gasteiger partial charge in [0, 0.05) is 43.2 Å². The molecule has 0 aromatic rings. The second-order valence-electron chi connectivity index (χ2n) is 12.6. The Morgan fingerprint density at radius 1 is 1.15 bits per heavy atom. The van der Waals surface area contributed by atoms with Gasteiger partial charge in [-0.15, -0.1) is 0 Å². The Bertz CT molecular complexity index is 864. The number of aliphatic hydroxyl groups excluding tert-OH is 3. The van der Waals surface area contributed by atoms with Gasteiger partial charge < -0.3 is 73.5 Å². The molecule has 1 saturated heterocycles. The first-order chi connectivity index (χ1) is 19.4. The van der Waals surface area contributed by atoms with Gasteiger partial charge in [-0.1, -0.05) is 0 Å². The van der Waals surface area contributed by atoms with Gasteiger partial charge in [0.2, 0.25) is 0 Å². The number of ether oxygens (including phenoxy) is 3. The number of hydrogen-bond donors (Lipinski definition) is 11. The van der Waals surface area contributed by atoms with E-state index in [0.29, 0.717) is 31.3 Å². The predicted octanol–water partition coefficient (Wildman–Crippen LogP) is -4.26. The van der Waals surface area contributed by atoms with Gasteiger partial charge in [-0.25, -0.2) is 0 Å². The van der Waals surface area contributed by atoms with E-state index in [2.05, 4.69) is 16.0 Å². The highest BCUT2D eigenvalue weighted by Gasteiger charge is 2.53. The quantitative estimate of drug-likeness (QED) is 0.103. The van der Waals surface area contributed by atoms with Crippen LogP contribution in [0.2, 0.25) is 0 Å². The zero-order valence-electron chi connectivity index (χ0n) is 24.3. The van der Waals surface area contributed by atoms with E-state index in [9.17, 15) is 20.4 Å².